The molecule has 7 nitrogen and oxygen atoms in total. The smallest absolute Gasteiger partial charge is 0.412 e. The summed E-state index contributed by atoms with van der Waals surface area (Å²) in [5.41, 5.74) is 4.67. The number of nitrogens with zero attached hydrogens (tertiary/aromatic N) is 3. The molecule has 0 unspecified atom stereocenters. The molecule has 1 aliphatic rings. The second kappa shape index (κ2) is 7.26. The molecule has 1 aliphatic heterocycles. The number of aromatic nitrogens is 1. The van der Waals surface area contributed by atoms with E-state index < -0.39 is 6.09 Å². The largest absolute Gasteiger partial charge is 0.496 e. The van der Waals surface area contributed by atoms with Crippen molar-refractivity contribution in [1.29, 1.82) is 0 Å². The highest BCUT2D eigenvalue weighted by molar-refractivity contribution is 5.95. The standard InChI is InChI=1S/C20H23N3O4/c1-12-10-21-17(13(2)19(12)27-4)11-23(20(25)26)16-6-5-15-7-8-22(14(3)24)18(15)9-16/h5-6,9-10H,7-8,11H2,1-4H3,(H,25,26). The third-order valence-electron chi connectivity index (χ3n) is 4.94. The third kappa shape index (κ3) is 3.45. The summed E-state index contributed by atoms with van der Waals surface area (Å²) in [5, 5.41) is 9.77. The SMILES string of the molecule is COc1c(C)cnc(CN(C(=O)O)c2ccc3c(c2)N(C(C)=O)CC3)c1C. The van der Waals surface area contributed by atoms with Gasteiger partial charge in [-0.05, 0) is 38.0 Å². The predicted octanol–water partition coefficient (Wildman–Crippen LogP) is 3.30. The van der Waals surface area contributed by atoms with E-state index in [0.717, 1.165) is 28.8 Å². The lowest BCUT2D eigenvalue weighted by molar-refractivity contribution is -0.116. The monoisotopic (exact) mass is 369 g/mol. The number of anilines is 2. The van der Waals surface area contributed by atoms with Gasteiger partial charge in [-0.3, -0.25) is 14.7 Å². The van der Waals surface area contributed by atoms with Crippen LogP contribution in [0.4, 0.5) is 16.2 Å². The molecule has 0 radical (unpaired) electrons. The van der Waals surface area contributed by atoms with Crippen LogP contribution in [0.5, 0.6) is 5.75 Å². The van der Waals surface area contributed by atoms with E-state index in [1.807, 2.05) is 19.9 Å². The molecule has 0 saturated carbocycles. The van der Waals surface area contributed by atoms with Gasteiger partial charge in [0.15, 0.2) is 0 Å². The maximum absolute atomic E-state index is 11.9. The van der Waals surface area contributed by atoms with E-state index in [9.17, 15) is 14.7 Å². The Bertz CT molecular complexity index is 910. The molecule has 1 aromatic carbocycles. The second-order valence-corrected chi connectivity index (χ2v) is 6.65. The summed E-state index contributed by atoms with van der Waals surface area (Å²) in [7, 11) is 1.59. The van der Waals surface area contributed by atoms with Gasteiger partial charge in [-0.1, -0.05) is 6.07 Å². The molecule has 0 fully saturated rings. The van der Waals surface area contributed by atoms with E-state index in [0.29, 0.717) is 23.7 Å². The molecule has 0 aliphatic carbocycles. The number of carbonyl (C=O) groups excluding carboxylic acids is 1. The number of hydrogen-bond acceptors (Lipinski definition) is 4. The molecule has 0 saturated heterocycles. The quantitative estimate of drug-likeness (QED) is 0.894. The van der Waals surface area contributed by atoms with Crippen LogP contribution in [-0.2, 0) is 17.8 Å². The maximum Gasteiger partial charge on any atom is 0.412 e. The number of methoxy groups -OCH3 is 1. The molecule has 2 aromatic rings. The first-order chi connectivity index (χ1) is 12.8. The molecule has 7 heteroatoms. The Morgan fingerprint density at radius 3 is 2.70 bits per heavy atom. The number of amides is 2. The van der Waals surface area contributed by atoms with Crippen molar-refractivity contribution in [2.45, 2.75) is 33.7 Å². The van der Waals surface area contributed by atoms with Crippen LogP contribution in [0.15, 0.2) is 24.4 Å². The Morgan fingerprint density at radius 1 is 1.33 bits per heavy atom. The normalized spacial score (nSPS) is 12.7. The Balaban J connectivity index is 1.98. The predicted molar refractivity (Wildman–Crippen MR) is 103 cm³/mol. The van der Waals surface area contributed by atoms with Crippen LogP contribution >= 0.6 is 0 Å². The third-order valence-corrected chi connectivity index (χ3v) is 4.94. The fourth-order valence-corrected chi connectivity index (χ4v) is 3.51. The molecule has 2 heterocycles. The molecule has 1 N–H and O–H groups in total. The number of carbonyl (C=O) groups is 2. The summed E-state index contributed by atoms with van der Waals surface area (Å²) < 4.78 is 5.42. The van der Waals surface area contributed by atoms with Crippen LogP contribution in [0.2, 0.25) is 0 Å². The van der Waals surface area contributed by atoms with Crippen LogP contribution in [0.3, 0.4) is 0 Å². The summed E-state index contributed by atoms with van der Waals surface area (Å²) in [6.45, 7) is 6.00. The highest BCUT2D eigenvalue weighted by Gasteiger charge is 2.25. The Kier molecular flexibility index (Phi) is 5.03. The second-order valence-electron chi connectivity index (χ2n) is 6.65. The van der Waals surface area contributed by atoms with Crippen molar-refractivity contribution in [1.82, 2.24) is 4.98 Å². The first-order valence-electron chi connectivity index (χ1n) is 8.74. The summed E-state index contributed by atoms with van der Waals surface area (Å²) >= 11 is 0. The van der Waals surface area contributed by atoms with Crippen LogP contribution < -0.4 is 14.5 Å². The minimum atomic E-state index is -1.08. The lowest BCUT2D eigenvalue weighted by Gasteiger charge is -2.23. The van der Waals surface area contributed by atoms with E-state index in [-0.39, 0.29) is 12.5 Å². The maximum atomic E-state index is 11.9. The zero-order valence-corrected chi connectivity index (χ0v) is 15.9. The van der Waals surface area contributed by atoms with E-state index in [4.69, 9.17) is 4.74 Å². The van der Waals surface area contributed by atoms with Crippen molar-refractivity contribution in [2.24, 2.45) is 0 Å². The molecule has 3 rings (SSSR count). The minimum absolute atomic E-state index is 0.0476. The Labute approximate surface area is 158 Å². The Morgan fingerprint density at radius 2 is 2.07 bits per heavy atom. The van der Waals surface area contributed by atoms with Crippen molar-refractivity contribution >= 4 is 23.4 Å². The highest BCUT2D eigenvalue weighted by atomic mass is 16.5. The van der Waals surface area contributed by atoms with E-state index >= 15 is 0 Å². The summed E-state index contributed by atoms with van der Waals surface area (Å²) in [4.78, 5) is 31.1. The number of benzene rings is 1. The van der Waals surface area contributed by atoms with Gasteiger partial charge in [-0.15, -0.1) is 0 Å². The lowest BCUT2D eigenvalue weighted by atomic mass is 10.1. The van der Waals surface area contributed by atoms with Gasteiger partial charge in [0.05, 0.1) is 19.3 Å². The summed E-state index contributed by atoms with van der Waals surface area (Å²) in [6, 6.07) is 5.43. The van der Waals surface area contributed by atoms with Gasteiger partial charge in [0.1, 0.15) is 5.75 Å². The number of fused-ring (bicyclic) bond motifs is 1. The van der Waals surface area contributed by atoms with Crippen molar-refractivity contribution < 1.29 is 19.4 Å². The fourth-order valence-electron chi connectivity index (χ4n) is 3.51. The average molecular weight is 369 g/mol. The zero-order valence-electron chi connectivity index (χ0n) is 15.9. The highest BCUT2D eigenvalue weighted by Crippen LogP contribution is 2.33. The molecule has 0 bridgehead atoms. The van der Waals surface area contributed by atoms with Gasteiger partial charge < -0.3 is 14.7 Å². The van der Waals surface area contributed by atoms with Gasteiger partial charge in [-0.25, -0.2) is 4.79 Å². The first kappa shape index (κ1) is 18.7. The molecular formula is C20H23N3O4. The van der Waals surface area contributed by atoms with Crippen molar-refractivity contribution in [2.75, 3.05) is 23.5 Å². The first-order valence-corrected chi connectivity index (χ1v) is 8.74. The number of pyridine rings is 1. The summed E-state index contributed by atoms with van der Waals surface area (Å²) in [6.07, 6.45) is 1.38. The number of carboxylic acid groups (broad SMARTS) is 1. The van der Waals surface area contributed by atoms with Crippen molar-refractivity contribution in [3.05, 3.63) is 46.8 Å². The van der Waals surface area contributed by atoms with Gasteiger partial charge in [0, 0.05) is 42.2 Å². The van der Waals surface area contributed by atoms with Gasteiger partial charge >= 0.3 is 6.09 Å². The van der Waals surface area contributed by atoms with Crippen LogP contribution in [0, 0.1) is 13.8 Å². The Hall–Kier alpha value is -3.09. The molecule has 27 heavy (non-hydrogen) atoms. The summed E-state index contributed by atoms with van der Waals surface area (Å²) in [5.74, 6) is 0.663. The van der Waals surface area contributed by atoms with Crippen molar-refractivity contribution in [3.63, 3.8) is 0 Å². The van der Waals surface area contributed by atoms with E-state index in [1.165, 1.54) is 11.8 Å². The van der Waals surface area contributed by atoms with Crippen LogP contribution in [0.1, 0.15) is 29.3 Å². The van der Waals surface area contributed by atoms with E-state index in [1.54, 1.807) is 30.3 Å². The number of hydrogen-bond donors (Lipinski definition) is 1. The van der Waals surface area contributed by atoms with E-state index in [2.05, 4.69) is 4.98 Å². The van der Waals surface area contributed by atoms with Gasteiger partial charge in [0.2, 0.25) is 5.91 Å². The molecule has 142 valence electrons. The van der Waals surface area contributed by atoms with Gasteiger partial charge in [0.25, 0.3) is 0 Å². The average Bonchev–Trinajstić information content (AvgIpc) is 3.04. The zero-order chi connectivity index (χ0) is 19.7. The van der Waals surface area contributed by atoms with Crippen LogP contribution in [-0.4, -0.2) is 35.7 Å². The number of aryl methyl sites for hydroxylation is 1. The molecule has 0 atom stereocenters. The molecule has 1 aromatic heterocycles. The van der Waals surface area contributed by atoms with Crippen LogP contribution in [0.25, 0.3) is 0 Å². The molecular weight excluding hydrogens is 346 g/mol. The van der Waals surface area contributed by atoms with Crippen molar-refractivity contribution in [3.8, 4) is 5.75 Å². The van der Waals surface area contributed by atoms with Gasteiger partial charge in [-0.2, -0.15) is 0 Å². The number of rotatable bonds is 4. The molecule has 0 spiro atoms. The topological polar surface area (TPSA) is 83.0 Å². The minimum Gasteiger partial charge on any atom is -0.496 e. The number of ether oxygens (including phenoxy) is 1. The fraction of sp³-hybridized carbons (Fsp3) is 0.350. The lowest BCUT2D eigenvalue weighted by Crippen LogP contribution is -2.30. The molecule has 2 amide bonds.